The lowest BCUT2D eigenvalue weighted by molar-refractivity contribution is 1.66. The zero-order valence-electron chi connectivity index (χ0n) is 5.50. The van der Waals surface area contributed by atoms with Crippen LogP contribution in [0.25, 0.3) is 0 Å². The van der Waals surface area contributed by atoms with Crippen LogP contribution in [0.15, 0.2) is 24.3 Å². The number of thiocarbonyl (C=S) groups is 1. The molecule has 0 aliphatic heterocycles. The lowest BCUT2D eigenvalue weighted by atomic mass is 10.3. The van der Waals surface area contributed by atoms with Crippen molar-refractivity contribution in [2.24, 2.45) is 0 Å². The zero-order chi connectivity index (χ0) is 8.27. The summed E-state index contributed by atoms with van der Waals surface area (Å²) in [4.78, 5) is 0. The maximum Gasteiger partial charge on any atom is 0.0640 e. The number of nitrogens with one attached hydrogen (secondary N) is 1. The highest BCUT2D eigenvalue weighted by atomic mass is 35.5. The van der Waals surface area contributed by atoms with Gasteiger partial charge in [-0.3, -0.25) is 0 Å². The Morgan fingerprint density at radius 2 is 2.09 bits per heavy atom. The minimum atomic E-state index is 0.304. The summed E-state index contributed by atoms with van der Waals surface area (Å²) in [5.74, 6) is 0. The molecule has 58 valence electrons. The van der Waals surface area contributed by atoms with Crippen molar-refractivity contribution in [3.8, 4) is 0 Å². The maximum absolute atomic E-state index is 5.80. The number of rotatable bonds is 1. The summed E-state index contributed by atoms with van der Waals surface area (Å²) in [6.07, 6.45) is 0. The van der Waals surface area contributed by atoms with Gasteiger partial charge >= 0.3 is 0 Å². The molecule has 0 atom stereocenters. The number of halogens is 1. The summed E-state index contributed by atoms with van der Waals surface area (Å²) in [6, 6.07) is 7.31. The van der Waals surface area contributed by atoms with E-state index in [9.17, 15) is 0 Å². The Morgan fingerprint density at radius 1 is 1.45 bits per heavy atom. The van der Waals surface area contributed by atoms with Crippen molar-refractivity contribution in [1.29, 1.82) is 0 Å². The summed E-state index contributed by atoms with van der Waals surface area (Å²) >= 11 is 15.2. The first-order valence-electron chi connectivity index (χ1n) is 2.92. The summed E-state index contributed by atoms with van der Waals surface area (Å²) in [5.41, 5.74) is 0.758. The van der Waals surface area contributed by atoms with Crippen LogP contribution in [0.3, 0.4) is 0 Å². The summed E-state index contributed by atoms with van der Waals surface area (Å²) in [7, 11) is 0. The normalized spacial score (nSPS) is 9.18. The molecule has 0 heterocycles. The molecular weight excluding hydrogens is 198 g/mol. The van der Waals surface area contributed by atoms with E-state index in [0.29, 0.717) is 9.34 Å². The van der Waals surface area contributed by atoms with E-state index in [1.54, 1.807) is 6.07 Å². The largest absolute Gasteiger partial charge is 0.411 e. The molecule has 0 aromatic heterocycles. The van der Waals surface area contributed by atoms with Gasteiger partial charge in [-0.15, -0.1) is 0 Å². The minimum absolute atomic E-state index is 0.304. The molecule has 0 spiro atoms. The van der Waals surface area contributed by atoms with Crippen LogP contribution >= 0.6 is 23.8 Å². The average molecular weight is 203 g/mol. The fourth-order valence-electron chi connectivity index (χ4n) is 0.673. The average Bonchev–Trinajstić information content (AvgIpc) is 1.93. The van der Waals surface area contributed by atoms with Gasteiger partial charge in [-0.25, -0.2) is 0 Å². The summed E-state index contributed by atoms with van der Waals surface area (Å²) in [6.45, 7) is 0. The second kappa shape index (κ2) is 3.85. The molecule has 0 fully saturated rings. The number of anilines is 1. The third-order valence-electron chi connectivity index (χ3n) is 1.11. The van der Waals surface area contributed by atoms with E-state index in [2.05, 4.69) is 30.2 Å². The van der Waals surface area contributed by atoms with Crippen LogP contribution in [0.4, 0.5) is 5.69 Å². The third-order valence-corrected chi connectivity index (χ3v) is 1.64. The van der Waals surface area contributed by atoms with Crippen molar-refractivity contribution >= 4 is 46.5 Å². The molecule has 0 aliphatic rings. The van der Waals surface area contributed by atoms with Gasteiger partial charge in [0, 0.05) is 0 Å². The monoisotopic (exact) mass is 202 g/mol. The molecule has 1 N–H and O–H groups in total. The first kappa shape index (κ1) is 8.71. The van der Waals surface area contributed by atoms with Crippen LogP contribution in [0.1, 0.15) is 0 Å². The fraction of sp³-hybridized carbons (Fsp3) is 0. The second-order valence-electron chi connectivity index (χ2n) is 1.89. The molecule has 1 aromatic carbocycles. The summed E-state index contributed by atoms with van der Waals surface area (Å²) in [5, 5.41) is 3.41. The van der Waals surface area contributed by atoms with Gasteiger partial charge in [0.1, 0.15) is 0 Å². The molecule has 1 rings (SSSR count). The first-order chi connectivity index (χ1) is 5.20. The van der Waals surface area contributed by atoms with E-state index in [4.69, 9.17) is 11.6 Å². The van der Waals surface area contributed by atoms with Crippen LogP contribution in [0.2, 0.25) is 5.02 Å². The molecule has 0 amide bonds. The SMILES string of the molecule is S=C([S-])Nc1ccccc1Cl. The van der Waals surface area contributed by atoms with Crippen LogP contribution in [0, 0.1) is 0 Å². The zero-order valence-corrected chi connectivity index (χ0v) is 7.89. The lowest BCUT2D eigenvalue weighted by Gasteiger charge is -2.10. The van der Waals surface area contributed by atoms with Crippen molar-refractivity contribution in [3.05, 3.63) is 29.3 Å². The third kappa shape index (κ3) is 2.61. The van der Waals surface area contributed by atoms with Crippen LogP contribution in [0.5, 0.6) is 0 Å². The van der Waals surface area contributed by atoms with Crippen LogP contribution in [-0.4, -0.2) is 4.32 Å². The van der Waals surface area contributed by atoms with E-state index in [1.807, 2.05) is 18.2 Å². The van der Waals surface area contributed by atoms with E-state index in [0.717, 1.165) is 5.69 Å². The van der Waals surface area contributed by atoms with Gasteiger partial charge < -0.3 is 30.2 Å². The Labute approximate surface area is 81.2 Å². The lowest BCUT2D eigenvalue weighted by Crippen LogP contribution is -2.04. The first-order valence-corrected chi connectivity index (χ1v) is 4.12. The molecule has 0 bridgehead atoms. The van der Waals surface area contributed by atoms with Crippen molar-refractivity contribution in [2.45, 2.75) is 0 Å². The summed E-state index contributed by atoms with van der Waals surface area (Å²) < 4.78 is 0.304. The molecule has 0 aliphatic carbocycles. The number of benzene rings is 1. The molecule has 0 saturated carbocycles. The van der Waals surface area contributed by atoms with Gasteiger partial charge in [0.05, 0.1) is 10.7 Å². The van der Waals surface area contributed by atoms with E-state index >= 15 is 0 Å². The predicted octanol–water partition coefficient (Wildman–Crippen LogP) is 2.58. The van der Waals surface area contributed by atoms with E-state index in [1.165, 1.54) is 0 Å². The molecule has 1 aromatic rings. The molecule has 0 saturated heterocycles. The molecule has 11 heavy (non-hydrogen) atoms. The Balaban J connectivity index is 2.86. The van der Waals surface area contributed by atoms with Gasteiger partial charge in [0.2, 0.25) is 0 Å². The van der Waals surface area contributed by atoms with Crippen molar-refractivity contribution in [1.82, 2.24) is 0 Å². The Morgan fingerprint density at radius 3 is 2.64 bits per heavy atom. The Kier molecular flexibility index (Phi) is 3.05. The molecular formula is C7H5ClNS2-. The fourth-order valence-corrected chi connectivity index (χ4v) is 1.08. The Bertz CT molecular complexity index is 275. The minimum Gasteiger partial charge on any atom is -0.411 e. The molecule has 0 radical (unpaired) electrons. The molecule has 0 unspecified atom stereocenters. The van der Waals surface area contributed by atoms with Gasteiger partial charge in [0.15, 0.2) is 0 Å². The van der Waals surface area contributed by atoms with Crippen LogP contribution in [-0.2, 0) is 12.6 Å². The quantitative estimate of drug-likeness (QED) is 0.556. The van der Waals surface area contributed by atoms with Gasteiger partial charge in [-0.1, -0.05) is 28.1 Å². The van der Waals surface area contributed by atoms with Gasteiger partial charge in [0.25, 0.3) is 0 Å². The predicted molar refractivity (Wildman–Crippen MR) is 55.0 cm³/mol. The van der Waals surface area contributed by atoms with Crippen molar-refractivity contribution < 1.29 is 0 Å². The molecule has 4 heteroatoms. The van der Waals surface area contributed by atoms with Gasteiger partial charge in [-0.05, 0) is 12.1 Å². The Hall–Kier alpha value is -0.380. The maximum atomic E-state index is 5.80. The number of hydrogen-bond donors (Lipinski definition) is 1. The highest BCUT2D eigenvalue weighted by Crippen LogP contribution is 2.19. The standard InChI is InChI=1S/C7H6ClNS2/c8-5-3-1-2-4-6(5)9-7(10)11/h1-4H,(H2,9,10,11)/p-1. The second-order valence-corrected chi connectivity index (χ2v) is 3.37. The molecule has 1 nitrogen and oxygen atoms in total. The van der Waals surface area contributed by atoms with Gasteiger partial charge in [-0.2, -0.15) is 0 Å². The van der Waals surface area contributed by atoms with Crippen molar-refractivity contribution in [2.75, 3.05) is 5.32 Å². The highest BCUT2D eigenvalue weighted by molar-refractivity contribution is 8.00. The smallest absolute Gasteiger partial charge is 0.0640 e. The number of hydrogen-bond acceptors (Lipinski definition) is 2. The van der Waals surface area contributed by atoms with E-state index < -0.39 is 0 Å². The topological polar surface area (TPSA) is 12.0 Å². The number of para-hydroxylation sites is 1. The highest BCUT2D eigenvalue weighted by Gasteiger charge is 1.93. The van der Waals surface area contributed by atoms with E-state index in [-0.39, 0.29) is 0 Å². The van der Waals surface area contributed by atoms with Crippen molar-refractivity contribution in [3.63, 3.8) is 0 Å². The van der Waals surface area contributed by atoms with Crippen LogP contribution < -0.4 is 5.32 Å².